The topological polar surface area (TPSA) is 107 Å². The van der Waals surface area contributed by atoms with Crippen molar-refractivity contribution in [2.45, 2.75) is 38.6 Å². The van der Waals surface area contributed by atoms with Crippen molar-refractivity contribution in [1.29, 1.82) is 0 Å². The zero-order valence-electron chi connectivity index (χ0n) is 14.4. The van der Waals surface area contributed by atoms with Gasteiger partial charge in [0, 0.05) is 25.6 Å². The van der Waals surface area contributed by atoms with E-state index < -0.39 is 6.04 Å². The maximum absolute atomic E-state index is 12.6. The van der Waals surface area contributed by atoms with Crippen molar-refractivity contribution in [3.8, 4) is 11.5 Å². The molecule has 138 valence electrons. The summed E-state index contributed by atoms with van der Waals surface area (Å²) >= 11 is 0. The van der Waals surface area contributed by atoms with Gasteiger partial charge in [-0.1, -0.05) is 6.07 Å². The first-order chi connectivity index (χ1) is 12.0. The number of carbonyl (C=O) groups excluding carboxylic acids is 2. The Morgan fingerprint density at radius 3 is 2.76 bits per heavy atom. The lowest BCUT2D eigenvalue weighted by Crippen LogP contribution is -2.42. The average molecular weight is 351 g/mol. The molecule has 25 heavy (non-hydrogen) atoms. The van der Waals surface area contributed by atoms with Crippen molar-refractivity contribution in [3.05, 3.63) is 23.8 Å². The van der Waals surface area contributed by atoms with Gasteiger partial charge in [0.25, 0.3) is 0 Å². The average Bonchev–Trinajstić information content (AvgIpc) is 3.06. The first-order valence-electron chi connectivity index (χ1n) is 8.54. The summed E-state index contributed by atoms with van der Waals surface area (Å²) in [7, 11) is 0. The van der Waals surface area contributed by atoms with Crippen LogP contribution in [0.2, 0.25) is 0 Å². The molecule has 0 aromatic heterocycles. The SMILES string of the molecule is CCOC(=O)[C@@H]1CCCN1C(=O)CC(CO)Cc1ccc(O)cc1O. The molecule has 0 saturated carbocycles. The predicted octanol–water partition coefficient (Wildman–Crippen LogP) is 1.19. The third-order valence-corrected chi connectivity index (χ3v) is 4.43. The van der Waals surface area contributed by atoms with Crippen LogP contribution in [0.5, 0.6) is 11.5 Å². The standard InChI is InChI=1S/C18H25NO6/c1-2-25-18(24)15-4-3-7-19(15)17(23)9-12(11-20)8-13-5-6-14(21)10-16(13)22/h5-6,10,12,15,20-22H,2-4,7-9,11H2,1H3/t12?,15-/m0/s1. The fraction of sp³-hybridized carbons (Fsp3) is 0.556. The number of likely N-dealkylation sites (tertiary alicyclic amines) is 1. The van der Waals surface area contributed by atoms with Gasteiger partial charge >= 0.3 is 5.97 Å². The van der Waals surface area contributed by atoms with Gasteiger partial charge in [0.05, 0.1) is 6.61 Å². The highest BCUT2D eigenvalue weighted by atomic mass is 16.5. The van der Waals surface area contributed by atoms with Gasteiger partial charge in [-0.2, -0.15) is 0 Å². The number of ether oxygens (including phenoxy) is 1. The molecule has 0 radical (unpaired) electrons. The van der Waals surface area contributed by atoms with Crippen molar-refractivity contribution in [1.82, 2.24) is 4.90 Å². The number of phenolic OH excluding ortho intramolecular Hbond substituents is 2. The van der Waals surface area contributed by atoms with Gasteiger partial charge in [-0.05, 0) is 43.7 Å². The number of phenols is 2. The lowest BCUT2D eigenvalue weighted by Gasteiger charge is -2.25. The summed E-state index contributed by atoms with van der Waals surface area (Å²) in [5, 5.41) is 28.8. The second-order valence-electron chi connectivity index (χ2n) is 6.27. The number of hydrogen-bond acceptors (Lipinski definition) is 6. The summed E-state index contributed by atoms with van der Waals surface area (Å²) < 4.78 is 5.02. The van der Waals surface area contributed by atoms with E-state index in [1.807, 2.05) is 0 Å². The Kier molecular flexibility index (Phi) is 6.64. The quantitative estimate of drug-likeness (QED) is 0.637. The van der Waals surface area contributed by atoms with Crippen LogP contribution in [-0.2, 0) is 20.7 Å². The lowest BCUT2D eigenvalue weighted by atomic mass is 9.95. The molecule has 1 saturated heterocycles. The largest absolute Gasteiger partial charge is 0.508 e. The molecule has 1 fully saturated rings. The number of amides is 1. The second kappa shape index (κ2) is 8.71. The highest BCUT2D eigenvalue weighted by Gasteiger charge is 2.35. The third-order valence-electron chi connectivity index (χ3n) is 4.43. The number of hydrogen-bond donors (Lipinski definition) is 3. The highest BCUT2D eigenvalue weighted by molar-refractivity contribution is 5.85. The van der Waals surface area contributed by atoms with Crippen LogP contribution in [-0.4, -0.2) is 57.9 Å². The Hall–Kier alpha value is -2.28. The van der Waals surface area contributed by atoms with E-state index in [-0.39, 0.29) is 48.9 Å². The Morgan fingerprint density at radius 1 is 1.36 bits per heavy atom. The zero-order valence-corrected chi connectivity index (χ0v) is 14.4. The summed E-state index contributed by atoms with van der Waals surface area (Å²) in [5.74, 6) is -1.09. The Labute approximate surface area is 146 Å². The number of esters is 1. The van der Waals surface area contributed by atoms with Gasteiger partial charge < -0.3 is 25.0 Å². The molecular formula is C18H25NO6. The van der Waals surface area contributed by atoms with E-state index >= 15 is 0 Å². The molecule has 1 unspecified atom stereocenters. The molecular weight excluding hydrogens is 326 g/mol. The van der Waals surface area contributed by atoms with Gasteiger partial charge in [-0.15, -0.1) is 0 Å². The molecule has 2 rings (SSSR count). The molecule has 1 aliphatic rings. The number of aromatic hydroxyl groups is 2. The maximum atomic E-state index is 12.6. The van der Waals surface area contributed by atoms with Crippen molar-refractivity contribution in [3.63, 3.8) is 0 Å². The molecule has 1 aromatic carbocycles. The van der Waals surface area contributed by atoms with E-state index in [2.05, 4.69) is 0 Å². The molecule has 7 heteroatoms. The summed E-state index contributed by atoms with van der Waals surface area (Å²) in [5.41, 5.74) is 0.549. The summed E-state index contributed by atoms with van der Waals surface area (Å²) in [6, 6.07) is 3.69. The van der Waals surface area contributed by atoms with E-state index in [0.29, 0.717) is 24.9 Å². The Balaban J connectivity index is 2.00. The van der Waals surface area contributed by atoms with Crippen LogP contribution in [0.3, 0.4) is 0 Å². The molecule has 0 spiro atoms. The second-order valence-corrected chi connectivity index (χ2v) is 6.27. The minimum Gasteiger partial charge on any atom is -0.508 e. The van der Waals surface area contributed by atoms with Crippen molar-refractivity contribution >= 4 is 11.9 Å². The summed E-state index contributed by atoms with van der Waals surface area (Å²) in [6.07, 6.45) is 1.71. The first-order valence-corrected chi connectivity index (χ1v) is 8.54. The third kappa shape index (κ3) is 4.85. The maximum Gasteiger partial charge on any atom is 0.328 e. The number of rotatable bonds is 7. The first kappa shape index (κ1) is 19.1. The van der Waals surface area contributed by atoms with Crippen molar-refractivity contribution in [2.75, 3.05) is 19.8 Å². The van der Waals surface area contributed by atoms with Crippen LogP contribution in [0, 0.1) is 5.92 Å². The molecule has 1 aliphatic heterocycles. The molecule has 0 bridgehead atoms. The monoisotopic (exact) mass is 351 g/mol. The van der Waals surface area contributed by atoms with Crippen LogP contribution >= 0.6 is 0 Å². The number of nitrogens with zero attached hydrogens (tertiary/aromatic N) is 1. The Morgan fingerprint density at radius 2 is 2.12 bits per heavy atom. The van der Waals surface area contributed by atoms with E-state index in [9.17, 15) is 24.9 Å². The molecule has 7 nitrogen and oxygen atoms in total. The lowest BCUT2D eigenvalue weighted by molar-refractivity contribution is -0.153. The fourth-order valence-electron chi connectivity index (χ4n) is 3.15. The smallest absolute Gasteiger partial charge is 0.328 e. The van der Waals surface area contributed by atoms with Crippen LogP contribution in [0.15, 0.2) is 18.2 Å². The van der Waals surface area contributed by atoms with Crippen molar-refractivity contribution in [2.24, 2.45) is 5.92 Å². The van der Waals surface area contributed by atoms with E-state index in [4.69, 9.17) is 4.74 Å². The number of benzene rings is 1. The van der Waals surface area contributed by atoms with E-state index in [1.54, 1.807) is 13.0 Å². The predicted molar refractivity (Wildman–Crippen MR) is 90.0 cm³/mol. The van der Waals surface area contributed by atoms with Crippen molar-refractivity contribution < 1.29 is 29.6 Å². The molecule has 0 aliphatic carbocycles. The fourth-order valence-corrected chi connectivity index (χ4v) is 3.15. The van der Waals surface area contributed by atoms with Crippen LogP contribution in [0.4, 0.5) is 0 Å². The zero-order chi connectivity index (χ0) is 18.4. The van der Waals surface area contributed by atoms with Gasteiger partial charge in [-0.3, -0.25) is 4.79 Å². The number of aliphatic hydroxyl groups excluding tert-OH is 1. The minimum atomic E-state index is -0.547. The minimum absolute atomic E-state index is 0.0489. The highest BCUT2D eigenvalue weighted by Crippen LogP contribution is 2.27. The number of carbonyl (C=O) groups is 2. The summed E-state index contributed by atoms with van der Waals surface area (Å²) in [4.78, 5) is 26.1. The summed E-state index contributed by atoms with van der Waals surface area (Å²) in [6.45, 7) is 2.29. The molecule has 1 amide bonds. The normalized spacial score (nSPS) is 18.2. The van der Waals surface area contributed by atoms with Crippen LogP contribution in [0.1, 0.15) is 31.7 Å². The van der Waals surface area contributed by atoms with E-state index in [0.717, 1.165) is 6.42 Å². The molecule has 1 aromatic rings. The molecule has 3 N–H and O–H groups in total. The van der Waals surface area contributed by atoms with E-state index in [1.165, 1.54) is 17.0 Å². The van der Waals surface area contributed by atoms with Crippen LogP contribution < -0.4 is 0 Å². The van der Waals surface area contributed by atoms with Crippen LogP contribution in [0.25, 0.3) is 0 Å². The number of aliphatic hydroxyl groups is 1. The Bertz CT molecular complexity index is 618. The van der Waals surface area contributed by atoms with Gasteiger partial charge in [0.2, 0.25) is 5.91 Å². The molecule has 2 atom stereocenters. The van der Waals surface area contributed by atoms with Gasteiger partial charge in [0.15, 0.2) is 0 Å². The van der Waals surface area contributed by atoms with Gasteiger partial charge in [-0.25, -0.2) is 4.79 Å². The molecule has 1 heterocycles. The van der Waals surface area contributed by atoms with Gasteiger partial charge in [0.1, 0.15) is 17.5 Å².